The van der Waals surface area contributed by atoms with Gasteiger partial charge < -0.3 is 10.6 Å². The van der Waals surface area contributed by atoms with Gasteiger partial charge in [-0.25, -0.2) is 8.42 Å². The van der Waals surface area contributed by atoms with Crippen LogP contribution in [-0.4, -0.2) is 26.7 Å². The summed E-state index contributed by atoms with van der Waals surface area (Å²) in [6.45, 7) is 4.68. The molecule has 6 heteroatoms. The van der Waals surface area contributed by atoms with Gasteiger partial charge in [-0.1, -0.05) is 32.0 Å². The fourth-order valence-electron chi connectivity index (χ4n) is 2.03. The highest BCUT2D eigenvalue weighted by Crippen LogP contribution is 2.14. The molecule has 0 aliphatic heterocycles. The molecule has 0 unspecified atom stereocenters. The van der Waals surface area contributed by atoms with Crippen LogP contribution in [-0.2, 0) is 9.84 Å². The van der Waals surface area contributed by atoms with Crippen LogP contribution in [0.3, 0.4) is 0 Å². The maximum absolute atomic E-state index is 12.2. The van der Waals surface area contributed by atoms with Gasteiger partial charge >= 0.3 is 0 Å². The van der Waals surface area contributed by atoms with Gasteiger partial charge in [0.2, 0.25) is 0 Å². The van der Waals surface area contributed by atoms with Crippen LogP contribution in [0.15, 0.2) is 59.5 Å². The molecule has 0 aliphatic carbocycles. The van der Waals surface area contributed by atoms with E-state index >= 15 is 0 Å². The Labute approximate surface area is 143 Å². The monoisotopic (exact) mass is 346 g/mol. The molecule has 0 aliphatic rings. The molecule has 2 aromatic carbocycles. The minimum absolute atomic E-state index is 0.132. The first kappa shape index (κ1) is 18.0. The molecule has 0 heterocycles. The van der Waals surface area contributed by atoms with E-state index in [0.29, 0.717) is 23.7 Å². The molecule has 0 spiro atoms. The third-order valence-corrected chi connectivity index (χ3v) is 4.90. The molecule has 0 fully saturated rings. The van der Waals surface area contributed by atoms with Crippen molar-refractivity contribution in [2.75, 3.05) is 17.7 Å². The van der Waals surface area contributed by atoms with Crippen molar-refractivity contribution in [2.24, 2.45) is 5.92 Å². The van der Waals surface area contributed by atoms with Gasteiger partial charge in [0, 0.05) is 17.8 Å². The standard InChI is InChI=1S/C18H22N2O3S/c1-14(2)12-19-18(21)15-8-10-16(11-9-15)20-13-24(22,23)17-6-4-3-5-7-17/h3-11,14,20H,12-13H2,1-2H3,(H,19,21). The number of hydrogen-bond donors (Lipinski definition) is 2. The Kier molecular flexibility index (Phi) is 5.98. The van der Waals surface area contributed by atoms with Crippen molar-refractivity contribution in [1.82, 2.24) is 5.32 Å². The number of anilines is 1. The Bertz CT molecular complexity index is 770. The third-order valence-electron chi connectivity index (χ3n) is 3.39. The molecule has 0 bridgehead atoms. The van der Waals surface area contributed by atoms with E-state index in [-0.39, 0.29) is 16.7 Å². The molecule has 0 aromatic heterocycles. The quantitative estimate of drug-likeness (QED) is 0.808. The maximum Gasteiger partial charge on any atom is 0.251 e. The summed E-state index contributed by atoms with van der Waals surface area (Å²) in [5, 5.41) is 5.72. The zero-order valence-electron chi connectivity index (χ0n) is 13.8. The number of carbonyl (C=O) groups excluding carboxylic acids is 1. The van der Waals surface area contributed by atoms with Gasteiger partial charge in [-0.05, 0) is 42.3 Å². The normalized spacial score (nSPS) is 11.3. The molecule has 0 atom stereocenters. The summed E-state index contributed by atoms with van der Waals surface area (Å²) in [4.78, 5) is 12.2. The molecule has 24 heavy (non-hydrogen) atoms. The number of nitrogens with one attached hydrogen (secondary N) is 2. The second-order valence-electron chi connectivity index (χ2n) is 5.93. The number of rotatable bonds is 7. The van der Waals surface area contributed by atoms with E-state index in [4.69, 9.17) is 0 Å². The average Bonchev–Trinajstić information content (AvgIpc) is 2.59. The zero-order chi connectivity index (χ0) is 17.6. The highest BCUT2D eigenvalue weighted by atomic mass is 32.2. The first-order valence-electron chi connectivity index (χ1n) is 7.78. The van der Waals surface area contributed by atoms with Crippen molar-refractivity contribution in [1.29, 1.82) is 0 Å². The van der Waals surface area contributed by atoms with Gasteiger partial charge in [0.15, 0.2) is 9.84 Å². The lowest BCUT2D eigenvalue weighted by atomic mass is 10.1. The number of hydrogen-bond acceptors (Lipinski definition) is 4. The fourth-order valence-corrected chi connectivity index (χ4v) is 3.12. The molecule has 0 saturated heterocycles. The van der Waals surface area contributed by atoms with Gasteiger partial charge in [-0.2, -0.15) is 0 Å². The molecular weight excluding hydrogens is 324 g/mol. The van der Waals surface area contributed by atoms with Gasteiger partial charge in [-0.3, -0.25) is 4.79 Å². The van der Waals surface area contributed by atoms with Crippen LogP contribution in [0.5, 0.6) is 0 Å². The van der Waals surface area contributed by atoms with Gasteiger partial charge in [0.05, 0.1) is 4.90 Å². The van der Waals surface area contributed by atoms with Crippen LogP contribution in [0.2, 0.25) is 0 Å². The minimum Gasteiger partial charge on any atom is -0.371 e. The summed E-state index contributed by atoms with van der Waals surface area (Å²) in [7, 11) is -3.39. The first-order chi connectivity index (χ1) is 11.4. The van der Waals surface area contributed by atoms with Crippen LogP contribution in [0.1, 0.15) is 24.2 Å². The van der Waals surface area contributed by atoms with Gasteiger partial charge in [0.25, 0.3) is 5.91 Å². The van der Waals surface area contributed by atoms with E-state index in [0.717, 1.165) is 0 Å². The maximum atomic E-state index is 12.2. The second kappa shape index (κ2) is 7.97. The smallest absolute Gasteiger partial charge is 0.251 e. The van der Waals surface area contributed by atoms with E-state index in [1.807, 2.05) is 13.8 Å². The van der Waals surface area contributed by atoms with Crippen LogP contribution < -0.4 is 10.6 Å². The van der Waals surface area contributed by atoms with E-state index < -0.39 is 9.84 Å². The zero-order valence-corrected chi connectivity index (χ0v) is 14.6. The lowest BCUT2D eigenvalue weighted by molar-refractivity contribution is 0.0949. The van der Waals surface area contributed by atoms with Crippen molar-refractivity contribution in [3.05, 3.63) is 60.2 Å². The van der Waals surface area contributed by atoms with E-state index in [9.17, 15) is 13.2 Å². The predicted molar refractivity (Wildman–Crippen MR) is 95.7 cm³/mol. The summed E-state index contributed by atoms with van der Waals surface area (Å²) in [5.74, 6) is 0.0563. The van der Waals surface area contributed by atoms with Crippen LogP contribution in [0.25, 0.3) is 0 Å². The summed E-state index contributed by atoms with van der Waals surface area (Å²) in [6, 6.07) is 15.0. The average molecular weight is 346 g/mol. The molecule has 2 rings (SSSR count). The van der Waals surface area contributed by atoms with Gasteiger partial charge in [-0.15, -0.1) is 0 Å². The van der Waals surface area contributed by atoms with Crippen molar-refractivity contribution in [2.45, 2.75) is 18.7 Å². The fraction of sp³-hybridized carbons (Fsp3) is 0.278. The van der Waals surface area contributed by atoms with Crippen molar-refractivity contribution < 1.29 is 13.2 Å². The molecule has 128 valence electrons. The lowest BCUT2D eigenvalue weighted by Crippen LogP contribution is -2.27. The van der Waals surface area contributed by atoms with Crippen molar-refractivity contribution in [3.63, 3.8) is 0 Å². The highest BCUT2D eigenvalue weighted by molar-refractivity contribution is 7.91. The summed E-state index contributed by atoms with van der Waals surface area (Å²) < 4.78 is 24.4. The molecule has 0 saturated carbocycles. The number of amides is 1. The molecule has 0 radical (unpaired) electrons. The van der Waals surface area contributed by atoms with E-state index in [1.165, 1.54) is 0 Å². The second-order valence-corrected chi connectivity index (χ2v) is 7.92. The Balaban J connectivity index is 1.96. The molecule has 2 N–H and O–H groups in total. The SMILES string of the molecule is CC(C)CNC(=O)c1ccc(NCS(=O)(=O)c2ccccc2)cc1. The summed E-state index contributed by atoms with van der Waals surface area (Å²) >= 11 is 0. The molecule has 1 amide bonds. The highest BCUT2D eigenvalue weighted by Gasteiger charge is 2.13. The Morgan fingerprint density at radius 2 is 1.62 bits per heavy atom. The molecular formula is C18H22N2O3S. The van der Waals surface area contributed by atoms with Crippen LogP contribution in [0.4, 0.5) is 5.69 Å². The first-order valence-corrected chi connectivity index (χ1v) is 9.43. The predicted octanol–water partition coefficient (Wildman–Crippen LogP) is 2.92. The summed E-state index contributed by atoms with van der Waals surface area (Å²) in [5.41, 5.74) is 1.20. The Morgan fingerprint density at radius 3 is 2.21 bits per heavy atom. The van der Waals surface area contributed by atoms with E-state index in [1.54, 1.807) is 54.6 Å². The molecule has 5 nitrogen and oxygen atoms in total. The number of sulfone groups is 1. The Morgan fingerprint density at radius 1 is 1.00 bits per heavy atom. The van der Waals surface area contributed by atoms with Crippen LogP contribution >= 0.6 is 0 Å². The topological polar surface area (TPSA) is 75.3 Å². The third kappa shape index (κ3) is 5.09. The minimum atomic E-state index is -3.39. The number of benzene rings is 2. The number of carbonyl (C=O) groups is 1. The van der Waals surface area contributed by atoms with Gasteiger partial charge in [0.1, 0.15) is 5.88 Å². The summed E-state index contributed by atoms with van der Waals surface area (Å²) in [6.07, 6.45) is 0. The van der Waals surface area contributed by atoms with E-state index in [2.05, 4.69) is 10.6 Å². The van der Waals surface area contributed by atoms with Crippen molar-refractivity contribution >= 4 is 21.4 Å². The molecule has 2 aromatic rings. The largest absolute Gasteiger partial charge is 0.371 e. The van der Waals surface area contributed by atoms with Crippen molar-refractivity contribution in [3.8, 4) is 0 Å². The lowest BCUT2D eigenvalue weighted by Gasteiger charge is -2.10. The van der Waals surface area contributed by atoms with Crippen LogP contribution in [0, 0.1) is 5.92 Å². The Hall–Kier alpha value is -2.34.